The minimum Gasteiger partial charge on any atom is -0.480 e. The van der Waals surface area contributed by atoms with Crippen LogP contribution in [0.15, 0.2) is 42.5 Å². The van der Waals surface area contributed by atoms with Crippen molar-refractivity contribution in [1.29, 1.82) is 0 Å². The van der Waals surface area contributed by atoms with Crippen molar-refractivity contribution < 1.29 is 23.1 Å². The SMILES string of the molecule is CSC1CC(C)N(Cc2ccc(C(=O)NC(CCS(C)(=O)=O)C(=O)O)c(-c3ccccc3C)c2)C1. The molecule has 7 nitrogen and oxygen atoms in total. The van der Waals surface area contributed by atoms with E-state index in [0.717, 1.165) is 48.0 Å². The van der Waals surface area contributed by atoms with E-state index in [4.69, 9.17) is 0 Å². The Kier molecular flexibility index (Phi) is 9.01. The molecule has 1 aliphatic rings. The number of amides is 1. The topological polar surface area (TPSA) is 104 Å². The number of likely N-dealkylation sites (tertiary alicyclic amines) is 1. The van der Waals surface area contributed by atoms with Crippen LogP contribution in [-0.2, 0) is 21.2 Å². The summed E-state index contributed by atoms with van der Waals surface area (Å²) in [7, 11) is -3.36. The summed E-state index contributed by atoms with van der Waals surface area (Å²) in [6, 6.07) is 12.6. The van der Waals surface area contributed by atoms with Crippen LogP contribution in [-0.4, -0.2) is 72.4 Å². The molecule has 0 bridgehead atoms. The number of sulfone groups is 1. The van der Waals surface area contributed by atoms with Gasteiger partial charge in [0.25, 0.3) is 5.91 Å². The Hall–Kier alpha value is -2.36. The van der Waals surface area contributed by atoms with Crippen molar-refractivity contribution in [2.24, 2.45) is 0 Å². The summed E-state index contributed by atoms with van der Waals surface area (Å²) in [6.45, 7) is 6.00. The number of hydrogen-bond donors (Lipinski definition) is 2. The number of rotatable bonds is 10. The fourth-order valence-electron chi connectivity index (χ4n) is 4.48. The van der Waals surface area contributed by atoms with E-state index in [0.29, 0.717) is 16.9 Å². The van der Waals surface area contributed by atoms with Gasteiger partial charge in [-0.15, -0.1) is 0 Å². The largest absolute Gasteiger partial charge is 0.480 e. The number of carbonyl (C=O) groups excluding carboxylic acids is 1. The first-order valence-electron chi connectivity index (χ1n) is 11.7. The number of nitrogens with zero attached hydrogens (tertiary/aromatic N) is 1. The van der Waals surface area contributed by atoms with Crippen molar-refractivity contribution in [1.82, 2.24) is 10.2 Å². The molecule has 1 amide bonds. The number of benzene rings is 2. The Morgan fingerprint density at radius 2 is 1.91 bits per heavy atom. The Morgan fingerprint density at radius 3 is 2.51 bits per heavy atom. The number of nitrogens with one attached hydrogen (secondary N) is 1. The van der Waals surface area contributed by atoms with Crippen molar-refractivity contribution in [3.05, 3.63) is 59.2 Å². The van der Waals surface area contributed by atoms with Gasteiger partial charge >= 0.3 is 5.97 Å². The van der Waals surface area contributed by atoms with Crippen molar-refractivity contribution in [2.75, 3.05) is 24.8 Å². The molecular weight excluding hydrogens is 484 g/mol. The molecule has 2 aromatic carbocycles. The Morgan fingerprint density at radius 1 is 1.20 bits per heavy atom. The molecule has 35 heavy (non-hydrogen) atoms. The van der Waals surface area contributed by atoms with E-state index in [1.165, 1.54) is 0 Å². The van der Waals surface area contributed by atoms with Gasteiger partial charge in [-0.25, -0.2) is 13.2 Å². The highest BCUT2D eigenvalue weighted by Gasteiger charge is 2.29. The molecule has 3 rings (SSSR count). The van der Waals surface area contributed by atoms with Gasteiger partial charge in [-0.1, -0.05) is 30.3 Å². The number of aryl methyl sites for hydroxylation is 1. The van der Waals surface area contributed by atoms with Crippen molar-refractivity contribution in [3.8, 4) is 11.1 Å². The average Bonchev–Trinajstić information content (AvgIpc) is 3.15. The van der Waals surface area contributed by atoms with Crippen molar-refractivity contribution in [3.63, 3.8) is 0 Å². The fraction of sp³-hybridized carbons (Fsp3) is 0.462. The molecule has 0 radical (unpaired) electrons. The molecule has 0 spiro atoms. The van der Waals surface area contributed by atoms with Gasteiger partial charge in [-0.3, -0.25) is 9.69 Å². The molecule has 1 saturated heterocycles. The van der Waals surface area contributed by atoms with E-state index in [-0.39, 0.29) is 12.2 Å². The lowest BCUT2D eigenvalue weighted by Gasteiger charge is -2.22. The maximum Gasteiger partial charge on any atom is 0.326 e. The summed E-state index contributed by atoms with van der Waals surface area (Å²) < 4.78 is 23.0. The minimum atomic E-state index is -3.36. The predicted octanol–water partition coefficient (Wildman–Crippen LogP) is 3.61. The summed E-state index contributed by atoms with van der Waals surface area (Å²) in [5.41, 5.74) is 4.09. The zero-order valence-electron chi connectivity index (χ0n) is 20.7. The number of carboxylic acid groups (broad SMARTS) is 1. The van der Waals surface area contributed by atoms with Crippen LogP contribution in [0.5, 0.6) is 0 Å². The van der Waals surface area contributed by atoms with E-state index >= 15 is 0 Å². The quantitative estimate of drug-likeness (QED) is 0.495. The van der Waals surface area contributed by atoms with Crippen LogP contribution in [0.25, 0.3) is 11.1 Å². The standard InChI is InChI=1S/C26H34N2O5S2/c1-17-7-5-6-8-21(17)23-14-19(15-28-16-20(34-3)13-18(28)2)9-10-22(23)25(29)27-24(26(30)31)11-12-35(4,32)33/h5-10,14,18,20,24H,11-13,15-16H2,1-4H3,(H,27,29)(H,30,31). The van der Waals surface area contributed by atoms with Gasteiger partial charge < -0.3 is 10.4 Å². The third-order valence-corrected chi connectivity index (χ3v) is 8.51. The lowest BCUT2D eigenvalue weighted by Crippen LogP contribution is -2.42. The molecule has 9 heteroatoms. The van der Waals surface area contributed by atoms with Crippen LogP contribution in [0.4, 0.5) is 0 Å². The summed E-state index contributed by atoms with van der Waals surface area (Å²) in [5, 5.41) is 12.7. The van der Waals surface area contributed by atoms with Crippen LogP contribution in [0.1, 0.15) is 41.3 Å². The second kappa shape index (κ2) is 11.6. The predicted molar refractivity (Wildman–Crippen MR) is 142 cm³/mol. The van der Waals surface area contributed by atoms with E-state index in [1.807, 2.05) is 55.1 Å². The molecule has 0 saturated carbocycles. The summed E-state index contributed by atoms with van der Waals surface area (Å²) in [5.74, 6) is -2.12. The summed E-state index contributed by atoms with van der Waals surface area (Å²) >= 11 is 1.89. The van der Waals surface area contributed by atoms with E-state index in [1.54, 1.807) is 6.07 Å². The molecule has 3 unspecified atom stereocenters. The molecule has 2 N–H and O–H groups in total. The average molecular weight is 519 g/mol. The third-order valence-electron chi connectivity index (χ3n) is 6.53. The first-order valence-corrected chi connectivity index (χ1v) is 15.0. The van der Waals surface area contributed by atoms with Crippen LogP contribution in [0.3, 0.4) is 0 Å². The number of thioether (sulfide) groups is 1. The molecule has 0 aliphatic carbocycles. The second-order valence-electron chi connectivity index (χ2n) is 9.35. The van der Waals surface area contributed by atoms with Crippen LogP contribution >= 0.6 is 11.8 Å². The molecular formula is C26H34N2O5S2. The van der Waals surface area contributed by atoms with E-state index < -0.39 is 27.8 Å². The van der Waals surface area contributed by atoms with Gasteiger partial charge in [-0.2, -0.15) is 11.8 Å². The first-order chi connectivity index (χ1) is 16.5. The van der Waals surface area contributed by atoms with Gasteiger partial charge in [0, 0.05) is 36.2 Å². The molecule has 2 aromatic rings. The maximum atomic E-state index is 13.2. The smallest absolute Gasteiger partial charge is 0.326 e. The fourth-order valence-corrected chi connectivity index (χ4v) is 5.96. The zero-order chi connectivity index (χ0) is 25.8. The highest BCUT2D eigenvalue weighted by Crippen LogP contribution is 2.31. The van der Waals surface area contributed by atoms with Gasteiger partial charge in [-0.05, 0) is 67.3 Å². The van der Waals surface area contributed by atoms with E-state index in [2.05, 4.69) is 23.4 Å². The van der Waals surface area contributed by atoms with Gasteiger partial charge in [0.2, 0.25) is 0 Å². The lowest BCUT2D eigenvalue weighted by molar-refractivity contribution is -0.139. The van der Waals surface area contributed by atoms with Crippen molar-refractivity contribution >= 4 is 33.5 Å². The number of carboxylic acids is 1. The summed E-state index contributed by atoms with van der Waals surface area (Å²) in [6.07, 6.45) is 4.15. The highest BCUT2D eigenvalue weighted by atomic mass is 32.2. The third kappa shape index (κ3) is 7.32. The van der Waals surface area contributed by atoms with Gasteiger partial charge in [0.15, 0.2) is 0 Å². The highest BCUT2D eigenvalue weighted by molar-refractivity contribution is 7.99. The number of aliphatic carboxylic acids is 1. The maximum absolute atomic E-state index is 13.2. The zero-order valence-corrected chi connectivity index (χ0v) is 22.3. The van der Waals surface area contributed by atoms with Crippen LogP contribution < -0.4 is 5.32 Å². The Balaban J connectivity index is 1.92. The number of carbonyl (C=O) groups is 2. The molecule has 190 valence electrons. The van der Waals surface area contributed by atoms with Crippen LogP contribution in [0, 0.1) is 6.92 Å². The minimum absolute atomic E-state index is 0.193. The molecule has 3 atom stereocenters. The molecule has 1 aliphatic heterocycles. The first kappa shape index (κ1) is 27.2. The number of hydrogen-bond acceptors (Lipinski definition) is 6. The second-order valence-corrected chi connectivity index (χ2v) is 12.7. The lowest BCUT2D eigenvalue weighted by atomic mass is 9.93. The molecule has 0 aromatic heterocycles. The Bertz CT molecular complexity index is 1180. The summed E-state index contributed by atoms with van der Waals surface area (Å²) in [4.78, 5) is 27.4. The monoisotopic (exact) mass is 518 g/mol. The van der Waals surface area contributed by atoms with Crippen LogP contribution in [0.2, 0.25) is 0 Å². The van der Waals surface area contributed by atoms with E-state index in [9.17, 15) is 23.1 Å². The van der Waals surface area contributed by atoms with Gasteiger partial charge in [0.05, 0.1) is 5.75 Å². The molecule has 1 fully saturated rings. The normalized spacial score (nSPS) is 19.4. The van der Waals surface area contributed by atoms with Gasteiger partial charge in [0.1, 0.15) is 15.9 Å². The molecule has 1 heterocycles. The van der Waals surface area contributed by atoms with Crippen molar-refractivity contribution in [2.45, 2.75) is 50.6 Å². The Labute approximate surface area is 212 Å².